The lowest BCUT2D eigenvalue weighted by Crippen LogP contribution is -2.58. The van der Waals surface area contributed by atoms with Crippen molar-refractivity contribution in [2.75, 3.05) is 6.61 Å². The second-order valence-electron chi connectivity index (χ2n) is 10.2. The Labute approximate surface area is 164 Å². The fourth-order valence-electron chi connectivity index (χ4n) is 4.08. The zero-order valence-electron chi connectivity index (χ0n) is 17.9. The molecule has 1 spiro atoms. The number of rotatable bonds is 3. The lowest BCUT2D eigenvalue weighted by Gasteiger charge is -2.44. The topological polar surface area (TPSA) is 76.7 Å². The molecule has 2 aliphatic rings. The monoisotopic (exact) mass is 382 g/mol. The molecule has 1 unspecified atom stereocenters. The van der Waals surface area contributed by atoms with E-state index < -0.39 is 23.2 Å². The normalized spacial score (nSPS) is 24.1. The molecule has 0 aromatic rings. The van der Waals surface area contributed by atoms with Crippen molar-refractivity contribution in [3.63, 3.8) is 0 Å². The third-order valence-electron chi connectivity index (χ3n) is 5.39. The van der Waals surface area contributed by atoms with E-state index in [0.717, 1.165) is 25.7 Å². The average Bonchev–Trinajstić information content (AvgIpc) is 2.50. The van der Waals surface area contributed by atoms with Crippen molar-refractivity contribution in [3.05, 3.63) is 0 Å². The van der Waals surface area contributed by atoms with Crippen LogP contribution in [0.1, 0.15) is 86.5 Å². The highest BCUT2D eigenvalue weighted by Gasteiger charge is 2.41. The first-order valence-corrected chi connectivity index (χ1v) is 10.3. The van der Waals surface area contributed by atoms with E-state index in [2.05, 4.69) is 10.6 Å². The van der Waals surface area contributed by atoms with Gasteiger partial charge in [0.25, 0.3) is 0 Å². The number of alkyl carbamates (subject to hydrolysis) is 1. The fraction of sp³-hybridized carbons (Fsp3) is 0.905. The Bertz CT molecular complexity index is 522. The number of carbonyl (C=O) groups excluding carboxylic acids is 2. The lowest BCUT2D eigenvalue weighted by atomic mass is 9.78. The van der Waals surface area contributed by atoms with E-state index in [4.69, 9.17) is 9.47 Å². The highest BCUT2D eigenvalue weighted by molar-refractivity contribution is 5.86. The van der Waals surface area contributed by atoms with E-state index in [1.165, 1.54) is 19.3 Å². The molecular formula is C21H38N2O4. The number of hydrogen-bond acceptors (Lipinski definition) is 4. The van der Waals surface area contributed by atoms with Crippen LogP contribution in [0.5, 0.6) is 0 Å². The van der Waals surface area contributed by atoms with Gasteiger partial charge in [0, 0.05) is 12.6 Å². The third kappa shape index (κ3) is 6.66. The van der Waals surface area contributed by atoms with E-state index in [1.807, 2.05) is 41.5 Å². The van der Waals surface area contributed by atoms with Crippen LogP contribution in [-0.2, 0) is 14.3 Å². The summed E-state index contributed by atoms with van der Waals surface area (Å²) >= 11 is 0. The number of carbonyl (C=O) groups is 2. The Morgan fingerprint density at radius 1 is 1.07 bits per heavy atom. The predicted octanol–water partition coefficient (Wildman–Crippen LogP) is 3.92. The first-order valence-electron chi connectivity index (χ1n) is 10.3. The molecule has 2 atom stereocenters. The van der Waals surface area contributed by atoms with Gasteiger partial charge in [0.2, 0.25) is 5.91 Å². The summed E-state index contributed by atoms with van der Waals surface area (Å²) < 4.78 is 11.5. The Morgan fingerprint density at radius 2 is 1.70 bits per heavy atom. The standard InChI is InChI=1S/C21H38N2O4/c1-19(2,3)16(23-18(25)27-20(4,5)6)17(24)22-15-10-13-26-21(14-15)11-8-7-9-12-21/h15-16H,7-14H2,1-6H3,(H,22,24)(H,23,25)/t15?,16-/m1/s1. The predicted molar refractivity (Wildman–Crippen MR) is 106 cm³/mol. The Hall–Kier alpha value is -1.30. The highest BCUT2D eigenvalue weighted by Crippen LogP contribution is 2.38. The van der Waals surface area contributed by atoms with Crippen LogP contribution in [0.15, 0.2) is 0 Å². The van der Waals surface area contributed by atoms with Crippen molar-refractivity contribution >= 4 is 12.0 Å². The van der Waals surface area contributed by atoms with Crippen LogP contribution in [0.3, 0.4) is 0 Å². The Balaban J connectivity index is 1.99. The zero-order valence-corrected chi connectivity index (χ0v) is 17.9. The molecule has 2 fully saturated rings. The number of nitrogens with one attached hydrogen (secondary N) is 2. The minimum atomic E-state index is -0.655. The summed E-state index contributed by atoms with van der Waals surface area (Å²) in [6.07, 6.45) is 6.95. The van der Waals surface area contributed by atoms with Crippen molar-refractivity contribution in [2.24, 2.45) is 5.41 Å². The summed E-state index contributed by atoms with van der Waals surface area (Å²) in [4.78, 5) is 25.2. The van der Waals surface area contributed by atoms with Crippen LogP contribution in [0.4, 0.5) is 4.79 Å². The highest BCUT2D eigenvalue weighted by atomic mass is 16.6. The van der Waals surface area contributed by atoms with Gasteiger partial charge in [-0.15, -0.1) is 0 Å². The van der Waals surface area contributed by atoms with Crippen molar-refractivity contribution in [3.8, 4) is 0 Å². The van der Waals surface area contributed by atoms with Crippen LogP contribution in [0.25, 0.3) is 0 Å². The minimum Gasteiger partial charge on any atom is -0.444 e. The summed E-state index contributed by atoms with van der Waals surface area (Å²) in [5, 5.41) is 5.95. The van der Waals surface area contributed by atoms with Gasteiger partial charge in [-0.1, -0.05) is 40.0 Å². The van der Waals surface area contributed by atoms with Crippen LogP contribution < -0.4 is 10.6 Å². The van der Waals surface area contributed by atoms with Crippen LogP contribution >= 0.6 is 0 Å². The molecule has 2 amide bonds. The molecule has 6 heteroatoms. The minimum absolute atomic E-state index is 0.0652. The summed E-state index contributed by atoms with van der Waals surface area (Å²) in [7, 11) is 0. The molecule has 1 aliphatic heterocycles. The van der Waals surface area contributed by atoms with Crippen LogP contribution in [0.2, 0.25) is 0 Å². The molecule has 2 rings (SSSR count). The molecule has 0 radical (unpaired) electrons. The molecular weight excluding hydrogens is 344 g/mol. The maximum atomic E-state index is 13.0. The first kappa shape index (κ1) is 22.0. The first-order chi connectivity index (χ1) is 12.4. The molecule has 1 aliphatic carbocycles. The summed E-state index contributed by atoms with van der Waals surface area (Å²) in [5.74, 6) is -0.147. The van der Waals surface area contributed by atoms with Gasteiger partial charge >= 0.3 is 6.09 Å². The summed E-state index contributed by atoms with van der Waals surface area (Å²) in [5.41, 5.74) is -1.09. The fourth-order valence-corrected chi connectivity index (χ4v) is 4.08. The van der Waals surface area contributed by atoms with E-state index in [9.17, 15) is 9.59 Å². The zero-order chi connectivity index (χ0) is 20.3. The van der Waals surface area contributed by atoms with Crippen molar-refractivity contribution < 1.29 is 19.1 Å². The van der Waals surface area contributed by atoms with Gasteiger partial charge in [0.1, 0.15) is 11.6 Å². The molecule has 1 saturated carbocycles. The van der Waals surface area contributed by atoms with Gasteiger partial charge in [-0.3, -0.25) is 4.79 Å². The molecule has 6 nitrogen and oxygen atoms in total. The van der Waals surface area contributed by atoms with Crippen molar-refractivity contribution in [1.82, 2.24) is 10.6 Å². The van der Waals surface area contributed by atoms with Gasteiger partial charge in [-0.2, -0.15) is 0 Å². The number of ether oxygens (including phenoxy) is 2. The van der Waals surface area contributed by atoms with Crippen LogP contribution in [-0.4, -0.2) is 41.9 Å². The smallest absolute Gasteiger partial charge is 0.408 e. The van der Waals surface area contributed by atoms with Gasteiger partial charge in [0.05, 0.1) is 5.60 Å². The molecule has 1 heterocycles. The average molecular weight is 383 g/mol. The van der Waals surface area contributed by atoms with E-state index in [-0.39, 0.29) is 17.6 Å². The van der Waals surface area contributed by atoms with E-state index in [0.29, 0.717) is 6.61 Å². The van der Waals surface area contributed by atoms with Gasteiger partial charge in [-0.05, 0) is 51.9 Å². The molecule has 0 bridgehead atoms. The largest absolute Gasteiger partial charge is 0.444 e. The molecule has 156 valence electrons. The van der Waals surface area contributed by atoms with Crippen molar-refractivity contribution in [2.45, 2.75) is 110 Å². The van der Waals surface area contributed by atoms with Gasteiger partial charge in [0.15, 0.2) is 0 Å². The second-order valence-corrected chi connectivity index (χ2v) is 10.2. The Kier molecular flexibility index (Phi) is 6.82. The van der Waals surface area contributed by atoms with E-state index in [1.54, 1.807) is 0 Å². The van der Waals surface area contributed by atoms with E-state index >= 15 is 0 Å². The molecule has 1 saturated heterocycles. The van der Waals surface area contributed by atoms with Gasteiger partial charge in [-0.25, -0.2) is 4.79 Å². The summed E-state index contributed by atoms with van der Waals surface area (Å²) in [6.45, 7) is 12.0. The molecule has 27 heavy (non-hydrogen) atoms. The molecule has 0 aromatic carbocycles. The Morgan fingerprint density at radius 3 is 2.26 bits per heavy atom. The SMILES string of the molecule is CC(C)(C)OC(=O)N[C@H](C(=O)NC1CCOC2(CCCCC2)C1)C(C)(C)C. The molecule has 2 N–H and O–H groups in total. The third-order valence-corrected chi connectivity index (χ3v) is 5.39. The number of amides is 2. The quantitative estimate of drug-likeness (QED) is 0.775. The van der Waals surface area contributed by atoms with Crippen LogP contribution in [0, 0.1) is 5.41 Å². The van der Waals surface area contributed by atoms with Gasteiger partial charge < -0.3 is 20.1 Å². The molecule has 0 aromatic heterocycles. The number of hydrogen-bond donors (Lipinski definition) is 2. The maximum absolute atomic E-state index is 13.0. The second kappa shape index (κ2) is 8.38. The summed E-state index contributed by atoms with van der Waals surface area (Å²) in [6, 6.07) is -0.563. The lowest BCUT2D eigenvalue weighted by molar-refractivity contribution is -0.132. The van der Waals surface area contributed by atoms with Crippen molar-refractivity contribution in [1.29, 1.82) is 0 Å². The maximum Gasteiger partial charge on any atom is 0.408 e.